The molecule has 0 amide bonds. The smallest absolute Gasteiger partial charge is 0.369 e. The highest BCUT2D eigenvalue weighted by atomic mass is 31.2. The molecule has 0 fully saturated rings. The van der Waals surface area contributed by atoms with E-state index in [1.165, 1.54) is 12.1 Å². The van der Waals surface area contributed by atoms with Gasteiger partial charge in [-0.1, -0.05) is 6.07 Å². The van der Waals surface area contributed by atoms with Gasteiger partial charge in [0.25, 0.3) is 5.69 Å². The fraction of sp³-hybridized carbons (Fsp3) is 0.417. The van der Waals surface area contributed by atoms with Gasteiger partial charge in [0.15, 0.2) is 5.30 Å². The molecular weight excluding hydrogens is 301 g/mol. The average Bonchev–Trinajstić information content (AvgIpc) is 2.46. The van der Waals surface area contributed by atoms with E-state index in [1.807, 2.05) is 0 Å². The lowest BCUT2D eigenvalue weighted by Crippen LogP contribution is -2.23. The summed E-state index contributed by atoms with van der Waals surface area (Å²) in [5.41, 5.74) is -0.722. The van der Waals surface area contributed by atoms with Crippen molar-refractivity contribution in [3.8, 4) is 0 Å². The Labute approximate surface area is 121 Å². The summed E-state index contributed by atoms with van der Waals surface area (Å²) in [6, 6.07) is 3.71. The normalized spacial score (nSPS) is 11.2. The first-order valence-electron chi connectivity index (χ1n) is 6.16. The number of hydrogen-bond donors (Lipinski definition) is 0. The molecular formula is C12H16NO7P. The Hall–Kier alpha value is -1.76. The summed E-state index contributed by atoms with van der Waals surface area (Å²) in [4.78, 5) is 22.2. The Morgan fingerprint density at radius 1 is 1.29 bits per heavy atom. The maximum absolute atomic E-state index is 12.8. The van der Waals surface area contributed by atoms with Crippen LogP contribution in [0.25, 0.3) is 0 Å². The fourth-order valence-corrected chi connectivity index (χ4v) is 3.66. The van der Waals surface area contributed by atoms with Crippen molar-refractivity contribution >= 4 is 24.6 Å². The van der Waals surface area contributed by atoms with Gasteiger partial charge in [-0.25, -0.2) is 4.79 Å². The maximum atomic E-state index is 12.8. The summed E-state index contributed by atoms with van der Waals surface area (Å²) in [5, 5.41) is 10.8. The minimum atomic E-state index is -4.01. The number of rotatable bonds is 7. The summed E-state index contributed by atoms with van der Waals surface area (Å²) in [5.74, 6) is -0.853. The zero-order valence-corrected chi connectivity index (χ0v) is 12.8. The molecule has 0 bridgehead atoms. The van der Waals surface area contributed by atoms with Crippen molar-refractivity contribution < 1.29 is 28.1 Å². The molecule has 0 aliphatic rings. The van der Waals surface area contributed by atoms with Crippen LogP contribution in [0.4, 0.5) is 5.69 Å². The Bertz CT molecular complexity index is 577. The molecule has 0 unspecified atom stereocenters. The van der Waals surface area contributed by atoms with E-state index >= 15 is 0 Å². The van der Waals surface area contributed by atoms with Crippen LogP contribution in [0.2, 0.25) is 0 Å². The summed E-state index contributed by atoms with van der Waals surface area (Å²) >= 11 is 0. The van der Waals surface area contributed by atoms with Crippen LogP contribution < -0.4 is 5.30 Å². The molecule has 0 spiro atoms. The van der Waals surface area contributed by atoms with Gasteiger partial charge < -0.3 is 13.8 Å². The van der Waals surface area contributed by atoms with Crippen LogP contribution >= 0.6 is 7.60 Å². The number of nitrogens with zero attached hydrogens (tertiary/aromatic N) is 1. The van der Waals surface area contributed by atoms with E-state index in [0.717, 1.165) is 13.2 Å². The zero-order valence-electron chi connectivity index (χ0n) is 11.9. The van der Waals surface area contributed by atoms with Gasteiger partial charge in [-0.05, 0) is 19.9 Å². The Morgan fingerprint density at radius 2 is 1.86 bits per heavy atom. The molecule has 0 heterocycles. The second kappa shape index (κ2) is 7.31. The minimum Gasteiger partial charge on any atom is -0.465 e. The van der Waals surface area contributed by atoms with E-state index in [1.54, 1.807) is 13.8 Å². The lowest BCUT2D eigenvalue weighted by Gasteiger charge is -2.19. The van der Waals surface area contributed by atoms with Crippen molar-refractivity contribution in [3.05, 3.63) is 33.9 Å². The highest BCUT2D eigenvalue weighted by Gasteiger charge is 2.39. The van der Waals surface area contributed by atoms with Gasteiger partial charge in [0.2, 0.25) is 0 Å². The van der Waals surface area contributed by atoms with E-state index in [2.05, 4.69) is 4.74 Å². The molecule has 0 N–H and O–H groups in total. The van der Waals surface area contributed by atoms with Crippen molar-refractivity contribution in [2.45, 2.75) is 13.8 Å². The van der Waals surface area contributed by atoms with Crippen molar-refractivity contribution in [3.63, 3.8) is 0 Å². The Morgan fingerprint density at radius 3 is 2.29 bits per heavy atom. The molecule has 21 heavy (non-hydrogen) atoms. The monoisotopic (exact) mass is 317 g/mol. The summed E-state index contributed by atoms with van der Waals surface area (Å²) in [6.45, 7) is 3.14. The van der Waals surface area contributed by atoms with Gasteiger partial charge in [0.1, 0.15) is 0 Å². The second-order valence-corrected chi connectivity index (χ2v) is 5.71. The first kappa shape index (κ1) is 17.3. The SMILES string of the molecule is CCOP(=O)(OCC)c1c(C(=O)OC)cccc1[N+](=O)[O-]. The zero-order chi connectivity index (χ0) is 16.0. The van der Waals surface area contributed by atoms with E-state index < -0.39 is 24.2 Å². The first-order chi connectivity index (χ1) is 9.91. The molecule has 116 valence electrons. The number of nitro groups is 1. The number of carbonyl (C=O) groups excluding carboxylic acids is 1. The van der Waals surface area contributed by atoms with E-state index in [4.69, 9.17) is 9.05 Å². The lowest BCUT2D eigenvalue weighted by molar-refractivity contribution is -0.383. The minimum absolute atomic E-state index is 0.00391. The van der Waals surface area contributed by atoms with E-state index in [-0.39, 0.29) is 24.1 Å². The molecule has 1 rings (SSSR count). The standard InChI is InChI=1S/C12H16NO7P/c1-4-19-21(17,20-5-2)11-9(12(14)18-3)7-6-8-10(11)13(15)16/h6-8H,4-5H2,1-3H3. The Kier molecular flexibility index (Phi) is 6.02. The molecule has 1 aromatic carbocycles. The van der Waals surface area contributed by atoms with Gasteiger partial charge in [-0.2, -0.15) is 0 Å². The third-order valence-electron chi connectivity index (χ3n) is 2.49. The largest absolute Gasteiger partial charge is 0.465 e. The van der Waals surface area contributed by atoms with Crippen molar-refractivity contribution in [2.75, 3.05) is 20.3 Å². The number of benzene rings is 1. The summed E-state index contributed by atoms with van der Waals surface area (Å²) in [6.07, 6.45) is 0. The molecule has 1 aromatic rings. The van der Waals surface area contributed by atoms with Crippen molar-refractivity contribution in [1.29, 1.82) is 0 Å². The molecule has 0 saturated carbocycles. The van der Waals surface area contributed by atoms with Gasteiger partial charge in [0, 0.05) is 6.07 Å². The predicted molar refractivity (Wildman–Crippen MR) is 74.9 cm³/mol. The van der Waals surface area contributed by atoms with E-state index in [0.29, 0.717) is 0 Å². The predicted octanol–water partition coefficient (Wildman–Crippen LogP) is 2.27. The highest BCUT2D eigenvalue weighted by Crippen LogP contribution is 2.50. The van der Waals surface area contributed by atoms with Crippen LogP contribution in [0.1, 0.15) is 24.2 Å². The van der Waals surface area contributed by atoms with Crippen LogP contribution in [-0.2, 0) is 18.3 Å². The van der Waals surface area contributed by atoms with Crippen LogP contribution in [0.15, 0.2) is 18.2 Å². The van der Waals surface area contributed by atoms with Crippen LogP contribution in [-0.4, -0.2) is 31.2 Å². The van der Waals surface area contributed by atoms with Crippen molar-refractivity contribution in [1.82, 2.24) is 0 Å². The van der Waals surface area contributed by atoms with Gasteiger partial charge in [-0.15, -0.1) is 0 Å². The lowest BCUT2D eigenvalue weighted by atomic mass is 10.2. The quantitative estimate of drug-likeness (QED) is 0.329. The topological polar surface area (TPSA) is 105 Å². The van der Waals surface area contributed by atoms with Gasteiger partial charge in [0.05, 0.1) is 30.8 Å². The van der Waals surface area contributed by atoms with Crippen LogP contribution in [0, 0.1) is 10.1 Å². The van der Waals surface area contributed by atoms with Crippen LogP contribution in [0.5, 0.6) is 0 Å². The first-order valence-corrected chi connectivity index (χ1v) is 7.70. The third kappa shape index (κ3) is 3.66. The number of ether oxygens (including phenoxy) is 1. The fourth-order valence-electron chi connectivity index (χ4n) is 1.75. The van der Waals surface area contributed by atoms with Crippen molar-refractivity contribution in [2.24, 2.45) is 0 Å². The Balaban J connectivity index is 3.65. The molecule has 0 aromatic heterocycles. The summed E-state index contributed by atoms with van der Waals surface area (Å²) in [7, 11) is -2.89. The number of esters is 1. The summed E-state index contributed by atoms with van der Waals surface area (Å²) < 4.78 is 27.6. The number of carbonyl (C=O) groups is 1. The molecule has 8 nitrogen and oxygen atoms in total. The molecule has 0 atom stereocenters. The third-order valence-corrected chi connectivity index (χ3v) is 4.70. The number of hydrogen-bond acceptors (Lipinski definition) is 7. The maximum Gasteiger partial charge on any atom is 0.369 e. The van der Waals surface area contributed by atoms with E-state index in [9.17, 15) is 19.5 Å². The molecule has 9 heteroatoms. The number of methoxy groups -OCH3 is 1. The highest BCUT2D eigenvalue weighted by molar-refractivity contribution is 7.62. The second-order valence-electron chi connectivity index (χ2n) is 3.76. The number of nitro benzene ring substituents is 1. The van der Waals surface area contributed by atoms with Gasteiger partial charge >= 0.3 is 13.6 Å². The molecule has 0 aliphatic carbocycles. The van der Waals surface area contributed by atoms with Gasteiger partial charge in [-0.3, -0.25) is 14.7 Å². The van der Waals surface area contributed by atoms with Crippen LogP contribution in [0.3, 0.4) is 0 Å². The molecule has 0 radical (unpaired) electrons. The average molecular weight is 317 g/mol. The molecule has 0 aliphatic heterocycles. The molecule has 0 saturated heterocycles.